The predicted molar refractivity (Wildman–Crippen MR) is 79.7 cm³/mol. The number of anilines is 2. The summed E-state index contributed by atoms with van der Waals surface area (Å²) in [6, 6.07) is 2.34. The van der Waals surface area contributed by atoms with Gasteiger partial charge in [-0.15, -0.1) is 0 Å². The largest absolute Gasteiger partial charge is 0.396 e. The Morgan fingerprint density at radius 3 is 2.68 bits per heavy atom. The fourth-order valence-corrected chi connectivity index (χ4v) is 1.89. The fraction of sp³-hybridized carbons (Fsp3) is 0.714. The van der Waals surface area contributed by atoms with Gasteiger partial charge >= 0.3 is 0 Å². The van der Waals surface area contributed by atoms with Gasteiger partial charge < -0.3 is 15.3 Å². The van der Waals surface area contributed by atoms with E-state index >= 15 is 0 Å². The van der Waals surface area contributed by atoms with E-state index in [1.807, 2.05) is 13.0 Å². The van der Waals surface area contributed by atoms with E-state index in [-0.39, 0.29) is 6.61 Å². The molecule has 0 aromatic carbocycles. The molecule has 0 radical (unpaired) electrons. The second kappa shape index (κ2) is 7.94. The van der Waals surface area contributed by atoms with Crippen LogP contribution < -0.4 is 10.2 Å². The Bertz CT molecular complexity index is 382. The van der Waals surface area contributed by atoms with Crippen molar-refractivity contribution >= 4 is 11.8 Å². The quantitative estimate of drug-likeness (QED) is 0.755. The summed E-state index contributed by atoms with van der Waals surface area (Å²) in [5, 5.41) is 12.2. The van der Waals surface area contributed by atoms with Gasteiger partial charge in [0.2, 0.25) is 5.95 Å². The number of rotatable bonds is 8. The maximum absolute atomic E-state index is 9.00. The molecule has 0 bridgehead atoms. The summed E-state index contributed by atoms with van der Waals surface area (Å²) in [6.45, 7) is 10.2. The van der Waals surface area contributed by atoms with Gasteiger partial charge in [0, 0.05) is 37.5 Å². The zero-order valence-electron chi connectivity index (χ0n) is 12.5. The average molecular weight is 266 g/mol. The molecule has 0 fully saturated rings. The standard InChI is InChI=1S/C14H26N4O/c1-5-7-15-14-16-12(4)10-13(17-14)18(11(2)3)8-6-9-19/h10-11,19H,5-9H2,1-4H3,(H,15,16,17). The van der Waals surface area contributed by atoms with Crippen molar-refractivity contribution in [3.63, 3.8) is 0 Å². The number of hydrogen-bond acceptors (Lipinski definition) is 5. The summed E-state index contributed by atoms with van der Waals surface area (Å²) >= 11 is 0. The summed E-state index contributed by atoms with van der Waals surface area (Å²) in [5.41, 5.74) is 0.957. The fourth-order valence-electron chi connectivity index (χ4n) is 1.89. The second-order valence-corrected chi connectivity index (χ2v) is 4.98. The third-order valence-corrected chi connectivity index (χ3v) is 2.85. The Morgan fingerprint density at radius 2 is 2.11 bits per heavy atom. The van der Waals surface area contributed by atoms with Crippen LogP contribution in [0.1, 0.15) is 39.3 Å². The summed E-state index contributed by atoms with van der Waals surface area (Å²) in [4.78, 5) is 11.2. The molecule has 1 aromatic heterocycles. The molecule has 0 atom stereocenters. The summed E-state index contributed by atoms with van der Waals surface area (Å²) in [6.07, 6.45) is 1.80. The van der Waals surface area contributed by atoms with Crippen molar-refractivity contribution in [2.24, 2.45) is 0 Å². The van der Waals surface area contributed by atoms with Crippen molar-refractivity contribution < 1.29 is 5.11 Å². The van der Waals surface area contributed by atoms with Crippen LogP contribution >= 0.6 is 0 Å². The molecule has 0 aliphatic heterocycles. The van der Waals surface area contributed by atoms with Crippen LogP contribution in [0, 0.1) is 6.92 Å². The van der Waals surface area contributed by atoms with Gasteiger partial charge in [0.05, 0.1) is 0 Å². The molecule has 0 saturated carbocycles. The molecule has 1 rings (SSSR count). The molecule has 5 heteroatoms. The smallest absolute Gasteiger partial charge is 0.224 e. The van der Waals surface area contributed by atoms with Gasteiger partial charge in [-0.25, -0.2) is 4.98 Å². The van der Waals surface area contributed by atoms with Gasteiger partial charge in [-0.05, 0) is 33.6 Å². The van der Waals surface area contributed by atoms with Gasteiger partial charge in [0.1, 0.15) is 5.82 Å². The highest BCUT2D eigenvalue weighted by Crippen LogP contribution is 2.17. The molecule has 5 nitrogen and oxygen atoms in total. The van der Waals surface area contributed by atoms with Crippen LogP contribution in [0.5, 0.6) is 0 Å². The Kier molecular flexibility index (Phi) is 6.56. The number of nitrogens with zero attached hydrogens (tertiary/aromatic N) is 3. The monoisotopic (exact) mass is 266 g/mol. The molecule has 1 heterocycles. The molecule has 19 heavy (non-hydrogen) atoms. The molecule has 0 saturated heterocycles. The minimum absolute atomic E-state index is 0.203. The average Bonchev–Trinajstić information content (AvgIpc) is 2.36. The van der Waals surface area contributed by atoms with Gasteiger partial charge in [0.25, 0.3) is 0 Å². The van der Waals surface area contributed by atoms with Gasteiger partial charge in [-0.1, -0.05) is 6.92 Å². The molecular formula is C14H26N4O. The van der Waals surface area contributed by atoms with E-state index in [0.717, 1.165) is 37.4 Å². The Morgan fingerprint density at radius 1 is 1.37 bits per heavy atom. The molecule has 0 aliphatic rings. The maximum Gasteiger partial charge on any atom is 0.224 e. The number of aliphatic hydroxyl groups is 1. The van der Waals surface area contributed by atoms with Crippen LogP contribution in [-0.4, -0.2) is 40.8 Å². The lowest BCUT2D eigenvalue weighted by Gasteiger charge is -2.28. The molecule has 0 spiro atoms. The Balaban J connectivity index is 2.91. The molecule has 2 N–H and O–H groups in total. The first-order valence-electron chi connectivity index (χ1n) is 7.05. The molecule has 0 aliphatic carbocycles. The van der Waals surface area contributed by atoms with Gasteiger partial charge in [0.15, 0.2) is 0 Å². The number of aromatic nitrogens is 2. The van der Waals surface area contributed by atoms with Crippen molar-refractivity contribution in [3.8, 4) is 0 Å². The summed E-state index contributed by atoms with van der Waals surface area (Å²) in [7, 11) is 0. The first kappa shape index (κ1) is 15.7. The van der Waals surface area contributed by atoms with Crippen LogP contribution in [-0.2, 0) is 0 Å². The highest BCUT2D eigenvalue weighted by atomic mass is 16.3. The van der Waals surface area contributed by atoms with E-state index in [1.165, 1.54) is 0 Å². The normalized spacial score (nSPS) is 10.8. The van der Waals surface area contributed by atoms with E-state index in [0.29, 0.717) is 12.0 Å². The number of aliphatic hydroxyl groups excluding tert-OH is 1. The van der Waals surface area contributed by atoms with Crippen LogP contribution in [0.25, 0.3) is 0 Å². The lowest BCUT2D eigenvalue weighted by molar-refractivity contribution is 0.288. The number of aryl methyl sites for hydroxylation is 1. The third kappa shape index (κ3) is 5.03. The van der Waals surface area contributed by atoms with E-state index in [1.54, 1.807) is 0 Å². The third-order valence-electron chi connectivity index (χ3n) is 2.85. The maximum atomic E-state index is 9.00. The highest BCUT2D eigenvalue weighted by Gasteiger charge is 2.13. The van der Waals surface area contributed by atoms with Crippen molar-refractivity contribution in [1.82, 2.24) is 9.97 Å². The second-order valence-electron chi connectivity index (χ2n) is 4.98. The highest BCUT2D eigenvalue weighted by molar-refractivity contribution is 5.45. The van der Waals surface area contributed by atoms with E-state index in [4.69, 9.17) is 5.11 Å². The molecule has 0 amide bonds. The molecule has 0 unspecified atom stereocenters. The van der Waals surface area contributed by atoms with Crippen LogP contribution in [0.3, 0.4) is 0 Å². The van der Waals surface area contributed by atoms with Crippen LogP contribution in [0.15, 0.2) is 6.07 Å². The minimum atomic E-state index is 0.203. The van der Waals surface area contributed by atoms with Gasteiger partial charge in [-0.2, -0.15) is 4.98 Å². The zero-order valence-corrected chi connectivity index (χ0v) is 12.5. The van der Waals surface area contributed by atoms with Gasteiger partial charge in [-0.3, -0.25) is 0 Å². The predicted octanol–water partition coefficient (Wildman–Crippen LogP) is 2.20. The Hall–Kier alpha value is -1.36. The molecule has 1 aromatic rings. The first-order chi connectivity index (χ1) is 9.08. The molecular weight excluding hydrogens is 240 g/mol. The lowest BCUT2D eigenvalue weighted by atomic mass is 10.2. The van der Waals surface area contributed by atoms with E-state index in [9.17, 15) is 0 Å². The topological polar surface area (TPSA) is 61.3 Å². The lowest BCUT2D eigenvalue weighted by Crippen LogP contribution is -2.33. The summed E-state index contributed by atoms with van der Waals surface area (Å²) in [5.74, 6) is 1.61. The van der Waals surface area contributed by atoms with Crippen molar-refractivity contribution in [2.45, 2.75) is 46.6 Å². The first-order valence-corrected chi connectivity index (χ1v) is 7.05. The van der Waals surface area contributed by atoms with Crippen LogP contribution in [0.2, 0.25) is 0 Å². The number of hydrogen-bond donors (Lipinski definition) is 2. The van der Waals surface area contributed by atoms with E-state index in [2.05, 4.69) is 41.0 Å². The SMILES string of the molecule is CCCNc1nc(C)cc(N(CCCO)C(C)C)n1. The van der Waals surface area contributed by atoms with Crippen LogP contribution in [0.4, 0.5) is 11.8 Å². The Labute approximate surface area is 116 Å². The van der Waals surface area contributed by atoms with E-state index < -0.39 is 0 Å². The van der Waals surface area contributed by atoms with Crippen molar-refractivity contribution in [3.05, 3.63) is 11.8 Å². The van der Waals surface area contributed by atoms with Crippen molar-refractivity contribution in [1.29, 1.82) is 0 Å². The summed E-state index contributed by atoms with van der Waals surface area (Å²) < 4.78 is 0. The van der Waals surface area contributed by atoms with Crippen molar-refractivity contribution in [2.75, 3.05) is 29.9 Å². The minimum Gasteiger partial charge on any atom is -0.396 e. The zero-order chi connectivity index (χ0) is 14.3. The number of nitrogens with one attached hydrogen (secondary N) is 1. The molecule has 108 valence electrons.